The molecular formula is C17H18N2O2S. The summed E-state index contributed by atoms with van der Waals surface area (Å²) in [6, 6.07) is 7.81. The molecule has 1 aliphatic carbocycles. The minimum Gasteiger partial charge on any atom is -0.480 e. The lowest BCUT2D eigenvalue weighted by Gasteiger charge is -2.15. The summed E-state index contributed by atoms with van der Waals surface area (Å²) in [6.07, 6.45) is 3.47. The van der Waals surface area contributed by atoms with Gasteiger partial charge < -0.3 is 4.74 Å². The summed E-state index contributed by atoms with van der Waals surface area (Å²) < 4.78 is 5.72. The van der Waals surface area contributed by atoms with Crippen molar-refractivity contribution < 1.29 is 9.53 Å². The maximum absolute atomic E-state index is 12.4. The number of hydrogen-bond acceptors (Lipinski definition) is 4. The predicted molar refractivity (Wildman–Crippen MR) is 86.5 cm³/mol. The molecule has 0 unspecified atom stereocenters. The van der Waals surface area contributed by atoms with E-state index in [1.807, 2.05) is 24.3 Å². The molecule has 1 N–H and O–H groups in total. The van der Waals surface area contributed by atoms with Crippen molar-refractivity contribution in [3.8, 4) is 5.75 Å². The Morgan fingerprint density at radius 3 is 3.09 bits per heavy atom. The van der Waals surface area contributed by atoms with Crippen LogP contribution in [0.15, 0.2) is 24.3 Å². The monoisotopic (exact) mass is 314 g/mol. The molecule has 114 valence electrons. The summed E-state index contributed by atoms with van der Waals surface area (Å²) in [5.41, 5.74) is 2.25. The molecule has 4 rings (SSSR count). The first kappa shape index (κ1) is 13.8. The highest BCUT2D eigenvalue weighted by atomic mass is 32.1. The summed E-state index contributed by atoms with van der Waals surface area (Å²) in [4.78, 5) is 18.3. The number of aryl methyl sites for hydroxylation is 1. The molecule has 2 aliphatic rings. The van der Waals surface area contributed by atoms with Crippen LogP contribution in [-0.2, 0) is 24.1 Å². The van der Waals surface area contributed by atoms with Gasteiger partial charge in [0, 0.05) is 11.3 Å². The fourth-order valence-electron chi connectivity index (χ4n) is 3.11. The van der Waals surface area contributed by atoms with Crippen LogP contribution in [0.25, 0.3) is 0 Å². The summed E-state index contributed by atoms with van der Waals surface area (Å²) in [5, 5.41) is 3.65. The van der Waals surface area contributed by atoms with Crippen molar-refractivity contribution in [3.05, 3.63) is 40.4 Å². The first-order valence-electron chi connectivity index (χ1n) is 7.73. The molecule has 1 aromatic carbocycles. The highest BCUT2D eigenvalue weighted by molar-refractivity contribution is 7.15. The van der Waals surface area contributed by atoms with E-state index in [9.17, 15) is 4.79 Å². The topological polar surface area (TPSA) is 51.2 Å². The molecule has 5 heteroatoms. The third-order valence-electron chi connectivity index (χ3n) is 4.36. The fraction of sp³-hybridized carbons (Fsp3) is 0.412. The van der Waals surface area contributed by atoms with E-state index in [1.165, 1.54) is 11.3 Å². The molecule has 0 bridgehead atoms. The number of rotatable bonds is 2. The summed E-state index contributed by atoms with van der Waals surface area (Å²) in [5.74, 6) is 1.43. The predicted octanol–water partition coefficient (Wildman–Crippen LogP) is 3.21. The van der Waals surface area contributed by atoms with E-state index in [1.54, 1.807) is 11.3 Å². The summed E-state index contributed by atoms with van der Waals surface area (Å²) in [6.45, 7) is 2.27. The van der Waals surface area contributed by atoms with E-state index in [4.69, 9.17) is 4.74 Å². The normalized spacial score (nSPS) is 22.6. The highest BCUT2D eigenvalue weighted by Gasteiger charge is 2.30. The largest absolute Gasteiger partial charge is 0.480 e. The number of nitrogens with one attached hydrogen (secondary N) is 1. The van der Waals surface area contributed by atoms with Crippen LogP contribution in [0.3, 0.4) is 0 Å². The maximum atomic E-state index is 12.4. The van der Waals surface area contributed by atoms with Crippen molar-refractivity contribution in [1.82, 2.24) is 4.98 Å². The minimum atomic E-state index is -0.447. The molecule has 0 saturated heterocycles. The molecule has 0 radical (unpaired) electrons. The molecular weight excluding hydrogens is 296 g/mol. The van der Waals surface area contributed by atoms with E-state index in [-0.39, 0.29) is 5.91 Å². The summed E-state index contributed by atoms with van der Waals surface area (Å²) >= 11 is 1.61. The number of amides is 1. The van der Waals surface area contributed by atoms with E-state index < -0.39 is 6.10 Å². The van der Waals surface area contributed by atoms with Gasteiger partial charge in [0.2, 0.25) is 0 Å². The third-order valence-corrected chi connectivity index (χ3v) is 5.39. The Balaban J connectivity index is 1.45. The van der Waals surface area contributed by atoms with Crippen LogP contribution in [-0.4, -0.2) is 17.0 Å². The van der Waals surface area contributed by atoms with Gasteiger partial charge >= 0.3 is 0 Å². The van der Waals surface area contributed by atoms with Gasteiger partial charge in [-0.15, -0.1) is 11.3 Å². The zero-order valence-corrected chi connectivity index (χ0v) is 13.3. The number of hydrogen-bond donors (Lipinski definition) is 1. The second-order valence-electron chi connectivity index (χ2n) is 6.14. The quantitative estimate of drug-likeness (QED) is 0.926. The van der Waals surface area contributed by atoms with E-state index >= 15 is 0 Å². The molecule has 22 heavy (non-hydrogen) atoms. The first-order chi connectivity index (χ1) is 10.7. The van der Waals surface area contributed by atoms with Crippen LogP contribution in [0.4, 0.5) is 5.13 Å². The van der Waals surface area contributed by atoms with Gasteiger partial charge in [0.05, 0.1) is 5.69 Å². The minimum absolute atomic E-state index is 0.102. The van der Waals surface area contributed by atoms with Gasteiger partial charge in [0.1, 0.15) is 5.75 Å². The molecule has 0 fully saturated rings. The van der Waals surface area contributed by atoms with Gasteiger partial charge in [-0.2, -0.15) is 0 Å². The lowest BCUT2D eigenvalue weighted by atomic mass is 9.93. The molecule has 2 aromatic rings. The molecule has 1 aromatic heterocycles. The number of ether oxygens (including phenoxy) is 1. The number of para-hydroxylation sites is 1. The van der Waals surface area contributed by atoms with Gasteiger partial charge in [-0.05, 0) is 36.8 Å². The molecule has 2 heterocycles. The van der Waals surface area contributed by atoms with Crippen LogP contribution >= 0.6 is 11.3 Å². The number of carbonyl (C=O) groups excluding carboxylic acids is 1. The molecule has 2 atom stereocenters. The SMILES string of the molecule is C[C@H]1CCc2nc(NC(=O)[C@H]3Cc4ccccc4O3)sc2C1. The maximum Gasteiger partial charge on any atom is 0.267 e. The Kier molecular flexibility index (Phi) is 3.37. The van der Waals surface area contributed by atoms with Gasteiger partial charge in [0.25, 0.3) is 5.91 Å². The van der Waals surface area contributed by atoms with Crippen LogP contribution in [0.5, 0.6) is 5.75 Å². The van der Waals surface area contributed by atoms with Gasteiger partial charge in [-0.25, -0.2) is 4.98 Å². The summed E-state index contributed by atoms with van der Waals surface area (Å²) in [7, 11) is 0. The van der Waals surface area contributed by atoms with Crippen molar-refractivity contribution in [2.24, 2.45) is 5.92 Å². The number of carbonyl (C=O) groups is 1. The first-order valence-corrected chi connectivity index (χ1v) is 8.54. The number of benzene rings is 1. The number of thiazole rings is 1. The van der Waals surface area contributed by atoms with Crippen LogP contribution in [0, 0.1) is 5.92 Å². The van der Waals surface area contributed by atoms with Crippen molar-refractivity contribution in [2.75, 3.05) is 5.32 Å². The van der Waals surface area contributed by atoms with Crippen molar-refractivity contribution in [1.29, 1.82) is 0 Å². The number of nitrogens with zero attached hydrogens (tertiary/aromatic N) is 1. The zero-order valence-electron chi connectivity index (χ0n) is 12.5. The lowest BCUT2D eigenvalue weighted by molar-refractivity contribution is -0.122. The average Bonchev–Trinajstić information content (AvgIpc) is 3.09. The Hall–Kier alpha value is -1.88. The fourth-order valence-corrected chi connectivity index (χ4v) is 4.28. The van der Waals surface area contributed by atoms with E-state index in [0.29, 0.717) is 17.5 Å². The number of fused-ring (bicyclic) bond motifs is 2. The molecule has 0 saturated carbocycles. The van der Waals surface area contributed by atoms with Gasteiger partial charge in [-0.1, -0.05) is 25.1 Å². The Labute approximate surface area is 133 Å². The number of anilines is 1. The Bertz CT molecular complexity index is 700. The lowest BCUT2D eigenvalue weighted by Crippen LogP contribution is -2.31. The van der Waals surface area contributed by atoms with Crippen molar-refractivity contribution >= 4 is 22.4 Å². The highest BCUT2D eigenvalue weighted by Crippen LogP contribution is 2.33. The zero-order chi connectivity index (χ0) is 15.1. The molecule has 1 amide bonds. The Morgan fingerprint density at radius 2 is 2.23 bits per heavy atom. The third kappa shape index (κ3) is 2.50. The molecule has 0 spiro atoms. The molecule has 1 aliphatic heterocycles. The van der Waals surface area contributed by atoms with Crippen molar-refractivity contribution in [3.63, 3.8) is 0 Å². The van der Waals surface area contributed by atoms with E-state index in [0.717, 1.165) is 29.8 Å². The smallest absolute Gasteiger partial charge is 0.267 e. The van der Waals surface area contributed by atoms with Gasteiger partial charge in [-0.3, -0.25) is 10.1 Å². The Morgan fingerprint density at radius 1 is 1.36 bits per heavy atom. The average molecular weight is 314 g/mol. The number of aromatic nitrogens is 1. The molecule has 4 nitrogen and oxygen atoms in total. The van der Waals surface area contributed by atoms with E-state index in [2.05, 4.69) is 17.2 Å². The second kappa shape index (κ2) is 5.39. The van der Waals surface area contributed by atoms with Gasteiger partial charge in [0.15, 0.2) is 11.2 Å². The van der Waals surface area contributed by atoms with Crippen LogP contribution in [0.1, 0.15) is 29.5 Å². The van der Waals surface area contributed by atoms with Crippen molar-refractivity contribution in [2.45, 2.75) is 38.7 Å². The standard InChI is InChI=1S/C17H18N2O2S/c1-10-6-7-12-15(8-10)22-17(18-12)19-16(20)14-9-11-4-2-3-5-13(11)21-14/h2-5,10,14H,6-9H2,1H3,(H,18,19,20)/t10-,14+/m0/s1. The second-order valence-corrected chi connectivity index (χ2v) is 7.23. The van der Waals surface area contributed by atoms with Crippen LogP contribution in [0.2, 0.25) is 0 Å². The van der Waals surface area contributed by atoms with Crippen LogP contribution < -0.4 is 10.1 Å².